The Morgan fingerprint density at radius 3 is 2.83 bits per heavy atom. The molecule has 0 bridgehead atoms. The second kappa shape index (κ2) is 6.91. The van der Waals surface area contributed by atoms with Crippen LogP contribution in [0, 0.1) is 5.82 Å². The van der Waals surface area contributed by atoms with Crippen molar-refractivity contribution in [2.75, 3.05) is 6.54 Å². The molecule has 0 saturated carbocycles. The summed E-state index contributed by atoms with van der Waals surface area (Å²) in [6, 6.07) is 4.67. The lowest BCUT2D eigenvalue weighted by Gasteiger charge is -2.06. The molecule has 0 fully saturated rings. The van der Waals surface area contributed by atoms with Gasteiger partial charge < -0.3 is 9.88 Å². The highest BCUT2D eigenvalue weighted by Crippen LogP contribution is 2.20. The van der Waals surface area contributed by atoms with Gasteiger partial charge in [-0.25, -0.2) is 9.37 Å². The van der Waals surface area contributed by atoms with Crippen LogP contribution in [-0.2, 0) is 33.5 Å². The minimum absolute atomic E-state index is 0.242. The highest BCUT2D eigenvalue weighted by Gasteiger charge is 2.13. The summed E-state index contributed by atoms with van der Waals surface area (Å²) in [7, 11) is 3.76. The molecule has 0 spiro atoms. The maximum absolute atomic E-state index is 13.4. The number of aryl methyl sites for hydroxylation is 3. The van der Waals surface area contributed by atoms with Crippen LogP contribution < -0.4 is 5.32 Å². The number of rotatable bonds is 6. The molecule has 3 aromatic rings. The molecule has 2 aromatic heterocycles. The van der Waals surface area contributed by atoms with Gasteiger partial charge in [0.05, 0.1) is 16.7 Å². The number of halogens is 2. The van der Waals surface area contributed by atoms with Gasteiger partial charge in [0, 0.05) is 39.2 Å². The average molecular weight is 350 g/mol. The van der Waals surface area contributed by atoms with Crippen LogP contribution in [-0.4, -0.2) is 25.9 Å². The average Bonchev–Trinajstić information content (AvgIpc) is 3.02. The fraction of sp³-hybridized carbons (Fsp3) is 0.412. The van der Waals surface area contributed by atoms with Crippen molar-refractivity contribution >= 4 is 22.6 Å². The Labute approximate surface area is 145 Å². The maximum atomic E-state index is 13.4. The molecule has 5 nitrogen and oxygen atoms in total. The largest absolute Gasteiger partial charge is 0.331 e. The summed E-state index contributed by atoms with van der Waals surface area (Å²) < 4.78 is 17.0. The first-order valence-electron chi connectivity index (χ1n) is 8.03. The molecule has 0 aliphatic carbocycles. The van der Waals surface area contributed by atoms with E-state index < -0.39 is 0 Å². The Morgan fingerprint density at radius 2 is 2.08 bits per heavy atom. The van der Waals surface area contributed by atoms with Crippen molar-refractivity contribution in [3.63, 3.8) is 0 Å². The molecule has 0 amide bonds. The van der Waals surface area contributed by atoms with Crippen molar-refractivity contribution in [1.82, 2.24) is 24.6 Å². The molecular formula is C17H21ClFN5. The lowest BCUT2D eigenvalue weighted by molar-refractivity contribution is 0.628. The van der Waals surface area contributed by atoms with E-state index in [0.29, 0.717) is 11.7 Å². The Hall–Kier alpha value is -1.92. The van der Waals surface area contributed by atoms with E-state index in [4.69, 9.17) is 11.6 Å². The molecule has 0 saturated heterocycles. The number of hydrogen-bond acceptors (Lipinski definition) is 3. The number of hydrogen-bond donors (Lipinski definition) is 1. The Bertz CT molecular complexity index is 868. The van der Waals surface area contributed by atoms with Crippen molar-refractivity contribution in [3.8, 4) is 0 Å². The van der Waals surface area contributed by atoms with Crippen molar-refractivity contribution < 1.29 is 4.39 Å². The first kappa shape index (κ1) is 16.9. The number of aromatic nitrogens is 4. The van der Waals surface area contributed by atoms with E-state index in [2.05, 4.69) is 22.3 Å². The van der Waals surface area contributed by atoms with Gasteiger partial charge in [0.1, 0.15) is 16.8 Å². The molecule has 1 aromatic carbocycles. The minimum Gasteiger partial charge on any atom is -0.331 e. The molecular weight excluding hydrogens is 329 g/mol. The van der Waals surface area contributed by atoms with Gasteiger partial charge in [0.2, 0.25) is 0 Å². The lowest BCUT2D eigenvalue weighted by Crippen LogP contribution is -2.19. The van der Waals surface area contributed by atoms with Gasteiger partial charge in [-0.2, -0.15) is 5.10 Å². The lowest BCUT2D eigenvalue weighted by atomic mass is 10.2. The number of nitrogens with zero attached hydrogens (tertiary/aromatic N) is 4. The zero-order valence-corrected chi connectivity index (χ0v) is 14.9. The normalized spacial score (nSPS) is 11.5. The quantitative estimate of drug-likeness (QED) is 0.696. The summed E-state index contributed by atoms with van der Waals surface area (Å²) in [5, 5.41) is 8.48. The molecule has 24 heavy (non-hydrogen) atoms. The minimum atomic E-state index is -0.242. The SMILES string of the molecule is CCc1nn(C)c(Cl)c1CNCCc1nc2ccc(F)cc2n1C. The molecule has 128 valence electrons. The third kappa shape index (κ3) is 3.16. The predicted octanol–water partition coefficient (Wildman–Crippen LogP) is 2.99. The Kier molecular flexibility index (Phi) is 4.87. The van der Waals surface area contributed by atoms with E-state index in [0.717, 1.165) is 47.5 Å². The highest BCUT2D eigenvalue weighted by molar-refractivity contribution is 6.30. The number of benzene rings is 1. The van der Waals surface area contributed by atoms with E-state index in [1.54, 1.807) is 10.7 Å². The third-order valence-electron chi connectivity index (χ3n) is 4.25. The van der Waals surface area contributed by atoms with Gasteiger partial charge in [-0.3, -0.25) is 4.68 Å². The van der Waals surface area contributed by atoms with E-state index in [-0.39, 0.29) is 5.82 Å². The fourth-order valence-electron chi connectivity index (χ4n) is 2.91. The first-order chi connectivity index (χ1) is 11.5. The van der Waals surface area contributed by atoms with Gasteiger partial charge >= 0.3 is 0 Å². The van der Waals surface area contributed by atoms with E-state index >= 15 is 0 Å². The van der Waals surface area contributed by atoms with E-state index in [9.17, 15) is 4.39 Å². The number of nitrogens with one attached hydrogen (secondary N) is 1. The highest BCUT2D eigenvalue weighted by atomic mass is 35.5. The smallest absolute Gasteiger partial charge is 0.131 e. The van der Waals surface area contributed by atoms with Gasteiger partial charge in [-0.05, 0) is 24.6 Å². The molecule has 0 radical (unpaired) electrons. The standard InChI is InChI=1S/C17H21ClFN5/c1-4-13-12(17(18)24(3)22-13)10-20-8-7-16-21-14-6-5-11(19)9-15(14)23(16)2/h5-6,9,20H,4,7-8,10H2,1-3H3. The molecule has 7 heteroatoms. The van der Waals surface area contributed by atoms with Crippen LogP contribution in [0.1, 0.15) is 24.0 Å². The van der Waals surface area contributed by atoms with Crippen molar-refractivity contribution in [1.29, 1.82) is 0 Å². The predicted molar refractivity (Wildman–Crippen MR) is 93.7 cm³/mol. The molecule has 1 N–H and O–H groups in total. The first-order valence-corrected chi connectivity index (χ1v) is 8.40. The van der Waals surface area contributed by atoms with Crippen molar-refractivity contribution in [2.24, 2.45) is 14.1 Å². The fourth-order valence-corrected chi connectivity index (χ4v) is 3.12. The third-order valence-corrected chi connectivity index (χ3v) is 4.72. The summed E-state index contributed by atoms with van der Waals surface area (Å²) in [5.74, 6) is 0.685. The van der Waals surface area contributed by atoms with Crippen LogP contribution in [0.2, 0.25) is 5.15 Å². The van der Waals surface area contributed by atoms with Crippen LogP contribution in [0.5, 0.6) is 0 Å². The van der Waals surface area contributed by atoms with Gasteiger partial charge in [0.15, 0.2) is 0 Å². The molecule has 3 rings (SSSR count). The van der Waals surface area contributed by atoms with Crippen LogP contribution in [0.25, 0.3) is 11.0 Å². The molecule has 0 atom stereocenters. The topological polar surface area (TPSA) is 47.7 Å². The van der Waals surface area contributed by atoms with Crippen LogP contribution >= 0.6 is 11.6 Å². The summed E-state index contributed by atoms with van der Waals surface area (Å²) in [6.45, 7) is 3.50. The molecule has 0 unspecified atom stereocenters. The molecule has 0 aliphatic heterocycles. The maximum Gasteiger partial charge on any atom is 0.131 e. The second-order valence-corrected chi connectivity index (χ2v) is 6.20. The van der Waals surface area contributed by atoms with Gasteiger partial charge in [-0.1, -0.05) is 18.5 Å². The number of imidazole rings is 1. The van der Waals surface area contributed by atoms with Gasteiger partial charge in [0.25, 0.3) is 0 Å². The summed E-state index contributed by atoms with van der Waals surface area (Å²) in [4.78, 5) is 4.57. The van der Waals surface area contributed by atoms with Gasteiger partial charge in [-0.15, -0.1) is 0 Å². The second-order valence-electron chi connectivity index (χ2n) is 5.84. The van der Waals surface area contributed by atoms with Crippen molar-refractivity contribution in [3.05, 3.63) is 46.3 Å². The summed E-state index contributed by atoms with van der Waals surface area (Å²) in [6.07, 6.45) is 1.61. The van der Waals surface area contributed by atoms with E-state index in [1.165, 1.54) is 12.1 Å². The van der Waals surface area contributed by atoms with E-state index in [1.807, 2.05) is 18.7 Å². The Balaban J connectivity index is 1.64. The monoisotopic (exact) mass is 349 g/mol. The molecule has 2 heterocycles. The summed E-state index contributed by atoms with van der Waals surface area (Å²) in [5.41, 5.74) is 3.70. The summed E-state index contributed by atoms with van der Waals surface area (Å²) >= 11 is 6.29. The van der Waals surface area contributed by atoms with Crippen LogP contribution in [0.3, 0.4) is 0 Å². The zero-order valence-electron chi connectivity index (χ0n) is 14.1. The number of fused-ring (bicyclic) bond motifs is 1. The Morgan fingerprint density at radius 1 is 1.29 bits per heavy atom. The van der Waals surface area contributed by atoms with Crippen molar-refractivity contribution in [2.45, 2.75) is 26.3 Å². The van der Waals surface area contributed by atoms with Crippen LogP contribution in [0.4, 0.5) is 4.39 Å². The molecule has 0 aliphatic rings. The van der Waals surface area contributed by atoms with Crippen LogP contribution in [0.15, 0.2) is 18.2 Å². The zero-order chi connectivity index (χ0) is 17.3.